The zero-order chi connectivity index (χ0) is 14.8. The van der Waals surface area contributed by atoms with Crippen molar-refractivity contribution in [3.05, 3.63) is 35.4 Å². The molecule has 0 radical (unpaired) electrons. The largest absolute Gasteiger partial charge is 0.352 e. The summed E-state index contributed by atoms with van der Waals surface area (Å²) in [7, 11) is 0. The number of aryl methyl sites for hydroxylation is 1. The quantitative estimate of drug-likeness (QED) is 0.663. The van der Waals surface area contributed by atoms with Crippen molar-refractivity contribution in [2.75, 3.05) is 19.8 Å². The van der Waals surface area contributed by atoms with Gasteiger partial charge in [0.25, 0.3) is 0 Å². The zero-order valence-corrected chi connectivity index (χ0v) is 13.3. The molecule has 1 aromatic carbocycles. The maximum Gasteiger partial charge on any atom is 0.169 e. The van der Waals surface area contributed by atoms with Gasteiger partial charge in [0.05, 0.1) is 0 Å². The Morgan fingerprint density at radius 3 is 2.00 bits per heavy atom. The standard InChI is InChI=1S/C17H29NO2/c1-5-14-9-11-15(12-10-14)16(6-2)18-13-17(19-7-3)20-8-4/h9-12,16-18H,5-8,13H2,1-4H3. The summed E-state index contributed by atoms with van der Waals surface area (Å²) in [6, 6.07) is 9.21. The highest BCUT2D eigenvalue weighted by molar-refractivity contribution is 5.25. The van der Waals surface area contributed by atoms with Gasteiger partial charge in [0, 0.05) is 25.8 Å². The van der Waals surface area contributed by atoms with E-state index in [2.05, 4.69) is 43.4 Å². The van der Waals surface area contributed by atoms with Gasteiger partial charge in [-0.3, -0.25) is 0 Å². The summed E-state index contributed by atoms with van der Waals surface area (Å²) < 4.78 is 11.1. The molecule has 114 valence electrons. The Labute approximate surface area is 123 Å². The Morgan fingerprint density at radius 2 is 1.55 bits per heavy atom. The van der Waals surface area contributed by atoms with Crippen molar-refractivity contribution in [2.24, 2.45) is 0 Å². The fourth-order valence-electron chi connectivity index (χ4n) is 2.26. The zero-order valence-electron chi connectivity index (χ0n) is 13.3. The van der Waals surface area contributed by atoms with E-state index < -0.39 is 0 Å². The molecule has 0 bridgehead atoms. The van der Waals surface area contributed by atoms with Gasteiger partial charge in [0.1, 0.15) is 0 Å². The molecule has 0 saturated carbocycles. The first kappa shape index (κ1) is 17.2. The van der Waals surface area contributed by atoms with Crippen LogP contribution in [0.25, 0.3) is 0 Å². The van der Waals surface area contributed by atoms with Gasteiger partial charge in [-0.2, -0.15) is 0 Å². The summed E-state index contributed by atoms with van der Waals surface area (Å²) in [6.45, 7) is 10.4. The Morgan fingerprint density at radius 1 is 0.950 bits per heavy atom. The molecule has 0 aliphatic heterocycles. The molecule has 3 nitrogen and oxygen atoms in total. The lowest BCUT2D eigenvalue weighted by Gasteiger charge is -2.22. The van der Waals surface area contributed by atoms with Gasteiger partial charge >= 0.3 is 0 Å². The number of hydrogen-bond donors (Lipinski definition) is 1. The first-order valence-corrected chi connectivity index (χ1v) is 7.80. The summed E-state index contributed by atoms with van der Waals surface area (Å²) in [6.07, 6.45) is 1.98. The molecule has 1 N–H and O–H groups in total. The molecule has 3 heteroatoms. The van der Waals surface area contributed by atoms with E-state index in [0.29, 0.717) is 19.3 Å². The van der Waals surface area contributed by atoms with E-state index in [0.717, 1.165) is 19.4 Å². The molecule has 1 rings (SSSR count). The van der Waals surface area contributed by atoms with Crippen LogP contribution in [-0.2, 0) is 15.9 Å². The second-order valence-corrected chi connectivity index (χ2v) is 4.80. The Hall–Kier alpha value is -0.900. The second-order valence-electron chi connectivity index (χ2n) is 4.80. The van der Waals surface area contributed by atoms with E-state index in [9.17, 15) is 0 Å². The van der Waals surface area contributed by atoms with E-state index in [1.165, 1.54) is 11.1 Å². The SMILES string of the molecule is CCOC(CNC(CC)c1ccc(CC)cc1)OCC. The van der Waals surface area contributed by atoms with Crippen LogP contribution in [0.1, 0.15) is 51.3 Å². The molecule has 0 aliphatic carbocycles. The molecule has 0 aliphatic rings. The maximum absolute atomic E-state index is 5.56. The molecule has 0 aromatic heterocycles. The van der Waals surface area contributed by atoms with Crippen molar-refractivity contribution < 1.29 is 9.47 Å². The van der Waals surface area contributed by atoms with Crippen molar-refractivity contribution in [3.63, 3.8) is 0 Å². The summed E-state index contributed by atoms with van der Waals surface area (Å²) in [5.41, 5.74) is 2.71. The predicted molar refractivity (Wildman–Crippen MR) is 83.9 cm³/mol. The minimum absolute atomic E-state index is 0.158. The third-order valence-corrected chi connectivity index (χ3v) is 3.43. The van der Waals surface area contributed by atoms with Gasteiger partial charge in [-0.1, -0.05) is 38.1 Å². The molecule has 1 atom stereocenters. The molecule has 1 unspecified atom stereocenters. The number of benzene rings is 1. The molecule has 0 heterocycles. The van der Waals surface area contributed by atoms with Crippen LogP contribution in [0, 0.1) is 0 Å². The normalized spacial score (nSPS) is 12.8. The highest BCUT2D eigenvalue weighted by atomic mass is 16.7. The van der Waals surface area contributed by atoms with Crippen molar-refractivity contribution in [3.8, 4) is 0 Å². The van der Waals surface area contributed by atoms with Gasteiger partial charge in [-0.05, 0) is 37.8 Å². The van der Waals surface area contributed by atoms with Crippen molar-refractivity contribution in [1.82, 2.24) is 5.32 Å². The lowest BCUT2D eigenvalue weighted by molar-refractivity contribution is -0.133. The number of nitrogens with one attached hydrogen (secondary N) is 1. The van der Waals surface area contributed by atoms with Crippen LogP contribution in [0.5, 0.6) is 0 Å². The van der Waals surface area contributed by atoms with Crippen LogP contribution in [0.3, 0.4) is 0 Å². The van der Waals surface area contributed by atoms with Crippen molar-refractivity contribution >= 4 is 0 Å². The predicted octanol–water partition coefficient (Wildman–Crippen LogP) is 3.69. The van der Waals surface area contributed by atoms with E-state index in [4.69, 9.17) is 9.47 Å². The molecule has 20 heavy (non-hydrogen) atoms. The topological polar surface area (TPSA) is 30.5 Å². The number of ether oxygens (including phenoxy) is 2. The van der Waals surface area contributed by atoms with Crippen LogP contribution < -0.4 is 5.32 Å². The highest BCUT2D eigenvalue weighted by Crippen LogP contribution is 2.17. The van der Waals surface area contributed by atoms with Crippen molar-refractivity contribution in [2.45, 2.75) is 52.9 Å². The Balaban J connectivity index is 2.56. The van der Waals surface area contributed by atoms with E-state index >= 15 is 0 Å². The lowest BCUT2D eigenvalue weighted by Crippen LogP contribution is -2.34. The number of hydrogen-bond acceptors (Lipinski definition) is 3. The Kier molecular flexibility index (Phi) is 8.51. The first-order valence-electron chi connectivity index (χ1n) is 7.80. The molecule has 0 fully saturated rings. The summed E-state index contributed by atoms with van der Waals surface area (Å²) in [5, 5.41) is 3.54. The van der Waals surface area contributed by atoms with Crippen LogP contribution in [0.2, 0.25) is 0 Å². The summed E-state index contributed by atoms with van der Waals surface area (Å²) >= 11 is 0. The first-order chi connectivity index (χ1) is 9.74. The fraction of sp³-hybridized carbons (Fsp3) is 0.647. The molecular formula is C17H29NO2. The number of rotatable bonds is 10. The average Bonchev–Trinajstić information content (AvgIpc) is 2.49. The minimum Gasteiger partial charge on any atom is -0.352 e. The van der Waals surface area contributed by atoms with Crippen molar-refractivity contribution in [1.29, 1.82) is 0 Å². The van der Waals surface area contributed by atoms with Gasteiger partial charge in [0.15, 0.2) is 6.29 Å². The molecule has 0 saturated heterocycles. The van der Waals surface area contributed by atoms with Gasteiger partial charge < -0.3 is 14.8 Å². The molecule has 0 spiro atoms. The molecular weight excluding hydrogens is 250 g/mol. The third-order valence-electron chi connectivity index (χ3n) is 3.43. The minimum atomic E-state index is -0.158. The van der Waals surface area contributed by atoms with Crippen LogP contribution >= 0.6 is 0 Å². The maximum atomic E-state index is 5.56. The smallest absolute Gasteiger partial charge is 0.169 e. The van der Waals surface area contributed by atoms with E-state index in [-0.39, 0.29) is 6.29 Å². The monoisotopic (exact) mass is 279 g/mol. The third kappa shape index (κ3) is 5.61. The Bertz CT molecular complexity index is 345. The highest BCUT2D eigenvalue weighted by Gasteiger charge is 2.13. The lowest BCUT2D eigenvalue weighted by atomic mass is 10.0. The van der Waals surface area contributed by atoms with Gasteiger partial charge in [-0.25, -0.2) is 0 Å². The summed E-state index contributed by atoms with van der Waals surface area (Å²) in [5.74, 6) is 0. The van der Waals surface area contributed by atoms with Gasteiger partial charge in [0.2, 0.25) is 0 Å². The van der Waals surface area contributed by atoms with E-state index in [1.807, 2.05) is 13.8 Å². The van der Waals surface area contributed by atoms with Crippen LogP contribution in [0.15, 0.2) is 24.3 Å². The molecule has 1 aromatic rings. The van der Waals surface area contributed by atoms with Crippen LogP contribution in [0.4, 0.5) is 0 Å². The van der Waals surface area contributed by atoms with Gasteiger partial charge in [-0.15, -0.1) is 0 Å². The molecule has 0 amide bonds. The summed E-state index contributed by atoms with van der Waals surface area (Å²) in [4.78, 5) is 0. The average molecular weight is 279 g/mol. The van der Waals surface area contributed by atoms with Crippen LogP contribution in [-0.4, -0.2) is 26.0 Å². The second kappa shape index (κ2) is 9.92. The fourth-order valence-corrected chi connectivity index (χ4v) is 2.26. The van der Waals surface area contributed by atoms with E-state index in [1.54, 1.807) is 0 Å².